The fourth-order valence-corrected chi connectivity index (χ4v) is 2.69. The topological polar surface area (TPSA) is 40.2 Å². The number of aromatic nitrogens is 1. The van der Waals surface area contributed by atoms with Gasteiger partial charge in [0.15, 0.2) is 0 Å². The minimum Gasteiger partial charge on any atom is -0.492 e. The highest BCUT2D eigenvalue weighted by molar-refractivity contribution is 9.10. The molecular weight excluding hydrogens is 316 g/mol. The van der Waals surface area contributed by atoms with Crippen molar-refractivity contribution < 1.29 is 4.74 Å². The second kappa shape index (κ2) is 5.59. The molecule has 3 rings (SSSR count). The van der Waals surface area contributed by atoms with Gasteiger partial charge in [-0.1, -0.05) is 22.0 Å². The van der Waals surface area contributed by atoms with E-state index in [0.29, 0.717) is 6.61 Å². The summed E-state index contributed by atoms with van der Waals surface area (Å²) in [5.41, 5.74) is 7.60. The molecular formula is C16H15BrN2O. The minimum atomic E-state index is 0.625. The maximum absolute atomic E-state index is 5.73. The summed E-state index contributed by atoms with van der Waals surface area (Å²) in [6.45, 7) is 1.44. The number of anilines is 1. The molecule has 3 aromatic rings. The first-order valence-corrected chi connectivity index (χ1v) is 7.25. The third-order valence-electron chi connectivity index (χ3n) is 3.24. The third kappa shape index (κ3) is 2.65. The summed E-state index contributed by atoms with van der Waals surface area (Å²) in [5, 5.41) is 1.22. The standard InChI is InChI=1S/C16H15BrN2O/c17-15-2-1-3-16-14(15)8-9-19(16)10-11-20-13-6-4-12(18)5-7-13/h1-9H,10-11,18H2. The van der Waals surface area contributed by atoms with Crippen LogP contribution in [-0.4, -0.2) is 11.2 Å². The lowest BCUT2D eigenvalue weighted by Crippen LogP contribution is -2.07. The molecule has 1 aromatic heterocycles. The predicted octanol–water partition coefficient (Wildman–Crippen LogP) is 4.07. The minimum absolute atomic E-state index is 0.625. The van der Waals surface area contributed by atoms with Crippen LogP contribution in [0.25, 0.3) is 10.9 Å². The first-order chi connectivity index (χ1) is 9.74. The quantitative estimate of drug-likeness (QED) is 0.732. The molecule has 0 radical (unpaired) electrons. The monoisotopic (exact) mass is 330 g/mol. The zero-order chi connectivity index (χ0) is 13.9. The second-order valence-electron chi connectivity index (χ2n) is 4.60. The summed E-state index contributed by atoms with van der Waals surface area (Å²) in [6, 6.07) is 15.8. The van der Waals surface area contributed by atoms with E-state index < -0.39 is 0 Å². The molecule has 0 aliphatic rings. The predicted molar refractivity (Wildman–Crippen MR) is 86.0 cm³/mol. The van der Waals surface area contributed by atoms with Crippen LogP contribution in [-0.2, 0) is 6.54 Å². The van der Waals surface area contributed by atoms with Crippen molar-refractivity contribution in [2.24, 2.45) is 0 Å². The largest absolute Gasteiger partial charge is 0.492 e. The van der Waals surface area contributed by atoms with Gasteiger partial charge in [0.25, 0.3) is 0 Å². The molecule has 2 aromatic carbocycles. The van der Waals surface area contributed by atoms with E-state index in [-0.39, 0.29) is 0 Å². The Bertz CT molecular complexity index is 719. The van der Waals surface area contributed by atoms with Crippen LogP contribution in [0.15, 0.2) is 59.2 Å². The van der Waals surface area contributed by atoms with E-state index in [0.717, 1.165) is 22.5 Å². The molecule has 0 fully saturated rings. The van der Waals surface area contributed by atoms with Gasteiger partial charge in [-0.25, -0.2) is 0 Å². The van der Waals surface area contributed by atoms with Gasteiger partial charge in [-0.3, -0.25) is 0 Å². The highest BCUT2D eigenvalue weighted by Gasteiger charge is 2.03. The van der Waals surface area contributed by atoms with Crippen LogP contribution in [0.4, 0.5) is 5.69 Å². The third-order valence-corrected chi connectivity index (χ3v) is 3.93. The van der Waals surface area contributed by atoms with E-state index in [1.54, 1.807) is 0 Å². The Labute approximate surface area is 126 Å². The van der Waals surface area contributed by atoms with Crippen LogP contribution in [0.2, 0.25) is 0 Å². The number of fused-ring (bicyclic) bond motifs is 1. The second-order valence-corrected chi connectivity index (χ2v) is 5.45. The molecule has 1 heterocycles. The van der Waals surface area contributed by atoms with Crippen molar-refractivity contribution in [3.05, 3.63) is 59.2 Å². The fraction of sp³-hybridized carbons (Fsp3) is 0.125. The number of hydrogen-bond donors (Lipinski definition) is 1. The first kappa shape index (κ1) is 13.1. The lowest BCUT2D eigenvalue weighted by atomic mass is 10.2. The fourth-order valence-electron chi connectivity index (χ4n) is 2.21. The summed E-state index contributed by atoms with van der Waals surface area (Å²) in [5.74, 6) is 0.844. The summed E-state index contributed by atoms with van der Waals surface area (Å²) in [7, 11) is 0. The summed E-state index contributed by atoms with van der Waals surface area (Å²) < 4.78 is 9.04. The molecule has 0 amide bonds. The Balaban J connectivity index is 1.68. The molecule has 2 N–H and O–H groups in total. The van der Waals surface area contributed by atoms with Crippen molar-refractivity contribution in [2.45, 2.75) is 6.54 Å². The van der Waals surface area contributed by atoms with E-state index in [1.807, 2.05) is 30.3 Å². The normalized spacial score (nSPS) is 10.8. The van der Waals surface area contributed by atoms with Crippen LogP contribution >= 0.6 is 15.9 Å². The number of ether oxygens (including phenoxy) is 1. The van der Waals surface area contributed by atoms with Gasteiger partial charge in [0.1, 0.15) is 12.4 Å². The number of halogens is 1. The van der Waals surface area contributed by atoms with Gasteiger partial charge in [-0.05, 0) is 42.5 Å². The maximum atomic E-state index is 5.73. The van der Waals surface area contributed by atoms with Crippen molar-refractivity contribution in [3.8, 4) is 5.75 Å². The van der Waals surface area contributed by atoms with E-state index in [2.05, 4.69) is 44.9 Å². The van der Waals surface area contributed by atoms with Gasteiger partial charge >= 0.3 is 0 Å². The molecule has 0 saturated heterocycles. The SMILES string of the molecule is Nc1ccc(OCCn2ccc3c(Br)cccc32)cc1. The average Bonchev–Trinajstić information content (AvgIpc) is 2.86. The van der Waals surface area contributed by atoms with Gasteiger partial charge in [0.2, 0.25) is 0 Å². The van der Waals surface area contributed by atoms with E-state index in [1.165, 1.54) is 10.9 Å². The number of rotatable bonds is 4. The van der Waals surface area contributed by atoms with Crippen molar-refractivity contribution in [3.63, 3.8) is 0 Å². The molecule has 102 valence electrons. The zero-order valence-corrected chi connectivity index (χ0v) is 12.5. The first-order valence-electron chi connectivity index (χ1n) is 6.46. The molecule has 0 saturated carbocycles. The molecule has 4 heteroatoms. The Morgan fingerprint density at radius 2 is 1.85 bits per heavy atom. The van der Waals surface area contributed by atoms with Gasteiger partial charge in [-0.15, -0.1) is 0 Å². The Morgan fingerprint density at radius 1 is 1.05 bits per heavy atom. The molecule has 0 bridgehead atoms. The van der Waals surface area contributed by atoms with Crippen molar-refractivity contribution in [1.82, 2.24) is 4.57 Å². The Hall–Kier alpha value is -1.94. The summed E-state index contributed by atoms with van der Waals surface area (Å²) in [6.07, 6.45) is 2.09. The lowest BCUT2D eigenvalue weighted by molar-refractivity contribution is 0.300. The van der Waals surface area contributed by atoms with Gasteiger partial charge in [0, 0.05) is 27.3 Å². The lowest BCUT2D eigenvalue weighted by Gasteiger charge is -2.08. The van der Waals surface area contributed by atoms with Crippen LogP contribution < -0.4 is 10.5 Å². The van der Waals surface area contributed by atoms with Crippen molar-refractivity contribution >= 4 is 32.5 Å². The molecule has 0 aliphatic carbocycles. The van der Waals surface area contributed by atoms with Gasteiger partial charge < -0.3 is 15.0 Å². The Morgan fingerprint density at radius 3 is 2.65 bits per heavy atom. The van der Waals surface area contributed by atoms with Crippen molar-refractivity contribution in [1.29, 1.82) is 0 Å². The summed E-state index contributed by atoms with van der Waals surface area (Å²) in [4.78, 5) is 0. The number of hydrogen-bond acceptors (Lipinski definition) is 2. The van der Waals surface area contributed by atoms with Crippen LogP contribution in [0.3, 0.4) is 0 Å². The van der Waals surface area contributed by atoms with Crippen molar-refractivity contribution in [2.75, 3.05) is 12.3 Å². The zero-order valence-electron chi connectivity index (χ0n) is 10.9. The molecule has 3 nitrogen and oxygen atoms in total. The maximum Gasteiger partial charge on any atom is 0.119 e. The molecule has 0 atom stereocenters. The smallest absolute Gasteiger partial charge is 0.119 e. The number of benzene rings is 2. The molecule has 0 unspecified atom stereocenters. The van der Waals surface area contributed by atoms with Crippen LogP contribution in [0.1, 0.15) is 0 Å². The molecule has 20 heavy (non-hydrogen) atoms. The Kier molecular flexibility index (Phi) is 3.65. The van der Waals surface area contributed by atoms with Gasteiger partial charge in [-0.2, -0.15) is 0 Å². The van der Waals surface area contributed by atoms with Crippen LogP contribution in [0, 0.1) is 0 Å². The summed E-state index contributed by atoms with van der Waals surface area (Å²) >= 11 is 3.57. The van der Waals surface area contributed by atoms with E-state index >= 15 is 0 Å². The highest BCUT2D eigenvalue weighted by atomic mass is 79.9. The number of nitrogen functional groups attached to an aromatic ring is 1. The highest BCUT2D eigenvalue weighted by Crippen LogP contribution is 2.24. The van der Waals surface area contributed by atoms with Crippen LogP contribution in [0.5, 0.6) is 5.75 Å². The van der Waals surface area contributed by atoms with Gasteiger partial charge in [0.05, 0.1) is 6.54 Å². The molecule has 0 spiro atoms. The average molecular weight is 331 g/mol. The van der Waals surface area contributed by atoms with E-state index in [9.17, 15) is 0 Å². The van der Waals surface area contributed by atoms with E-state index in [4.69, 9.17) is 10.5 Å². The number of nitrogens with two attached hydrogens (primary N) is 1. The number of nitrogens with zero attached hydrogens (tertiary/aromatic N) is 1. The molecule has 0 aliphatic heterocycles.